The molecule has 0 aromatic heterocycles. The van der Waals surface area contributed by atoms with E-state index in [9.17, 15) is 14.6 Å². The first kappa shape index (κ1) is 12.1. The average Bonchev–Trinajstić information content (AvgIpc) is 2.15. The summed E-state index contributed by atoms with van der Waals surface area (Å²) in [6.07, 6.45) is -2.66. The van der Waals surface area contributed by atoms with Crippen molar-refractivity contribution in [1.29, 1.82) is 5.26 Å². The standard InChI is InChI=1S/C10H9BrFNO2/c11-7-3-6(4-8(12)5-7)10(15)9(14)1-2-13/h3-5,9-10,14-15H,1H2. The first-order valence-corrected chi connectivity index (χ1v) is 5.03. The molecule has 0 saturated heterocycles. The van der Waals surface area contributed by atoms with Gasteiger partial charge in [-0.25, -0.2) is 4.39 Å². The smallest absolute Gasteiger partial charge is 0.124 e. The maximum Gasteiger partial charge on any atom is 0.124 e. The molecule has 1 rings (SSSR count). The summed E-state index contributed by atoms with van der Waals surface area (Å²) < 4.78 is 13.4. The van der Waals surface area contributed by atoms with Crippen molar-refractivity contribution < 1.29 is 14.6 Å². The van der Waals surface area contributed by atoms with Crippen LogP contribution in [0.3, 0.4) is 0 Å². The second-order valence-corrected chi connectivity index (χ2v) is 3.99. The Labute approximate surface area is 94.9 Å². The minimum atomic E-state index is -1.25. The van der Waals surface area contributed by atoms with Gasteiger partial charge in [-0.15, -0.1) is 0 Å². The second-order valence-electron chi connectivity index (χ2n) is 3.08. The molecule has 0 spiro atoms. The van der Waals surface area contributed by atoms with Crippen LogP contribution in [-0.2, 0) is 0 Å². The quantitative estimate of drug-likeness (QED) is 0.884. The number of aliphatic hydroxyl groups is 2. The lowest BCUT2D eigenvalue weighted by Gasteiger charge is -2.15. The van der Waals surface area contributed by atoms with Crippen LogP contribution in [0.4, 0.5) is 4.39 Å². The lowest BCUT2D eigenvalue weighted by atomic mass is 10.0. The topological polar surface area (TPSA) is 64.2 Å². The zero-order valence-electron chi connectivity index (χ0n) is 7.69. The molecule has 0 aliphatic heterocycles. The highest BCUT2D eigenvalue weighted by Crippen LogP contribution is 2.23. The van der Waals surface area contributed by atoms with Gasteiger partial charge in [-0.05, 0) is 23.8 Å². The molecule has 5 heteroatoms. The van der Waals surface area contributed by atoms with Crippen LogP contribution < -0.4 is 0 Å². The van der Waals surface area contributed by atoms with Crippen molar-refractivity contribution in [1.82, 2.24) is 0 Å². The fraction of sp³-hybridized carbons (Fsp3) is 0.300. The van der Waals surface area contributed by atoms with Gasteiger partial charge >= 0.3 is 0 Å². The van der Waals surface area contributed by atoms with Gasteiger partial charge in [-0.3, -0.25) is 0 Å². The summed E-state index contributed by atoms with van der Waals surface area (Å²) in [5.41, 5.74) is 0.240. The van der Waals surface area contributed by atoms with Crippen molar-refractivity contribution in [2.45, 2.75) is 18.6 Å². The molecule has 1 aromatic carbocycles. The number of nitrogens with zero attached hydrogens (tertiary/aromatic N) is 1. The summed E-state index contributed by atoms with van der Waals surface area (Å²) in [7, 11) is 0. The first-order chi connectivity index (χ1) is 7.04. The average molecular weight is 274 g/mol. The van der Waals surface area contributed by atoms with Gasteiger partial charge in [0.2, 0.25) is 0 Å². The summed E-state index contributed by atoms with van der Waals surface area (Å²) in [6.45, 7) is 0. The SMILES string of the molecule is N#CCC(O)C(O)c1cc(F)cc(Br)c1. The van der Waals surface area contributed by atoms with Gasteiger partial charge in [-0.2, -0.15) is 5.26 Å². The van der Waals surface area contributed by atoms with Gasteiger partial charge < -0.3 is 10.2 Å². The van der Waals surface area contributed by atoms with Crippen LogP contribution >= 0.6 is 15.9 Å². The number of benzene rings is 1. The molecule has 0 bridgehead atoms. The van der Waals surface area contributed by atoms with Crippen molar-refractivity contribution in [3.63, 3.8) is 0 Å². The van der Waals surface area contributed by atoms with E-state index >= 15 is 0 Å². The summed E-state index contributed by atoms with van der Waals surface area (Å²) in [5.74, 6) is -0.511. The van der Waals surface area contributed by atoms with Gasteiger partial charge in [0, 0.05) is 4.47 Å². The van der Waals surface area contributed by atoms with Crippen LogP contribution in [-0.4, -0.2) is 16.3 Å². The number of rotatable bonds is 3. The van der Waals surface area contributed by atoms with Crippen molar-refractivity contribution in [3.8, 4) is 6.07 Å². The molecule has 0 amide bonds. The molecule has 2 atom stereocenters. The molecular formula is C10H9BrFNO2. The van der Waals surface area contributed by atoms with Crippen LogP contribution in [0.15, 0.2) is 22.7 Å². The number of nitriles is 1. The van der Waals surface area contributed by atoms with Gasteiger partial charge in [0.25, 0.3) is 0 Å². The Kier molecular flexibility index (Phi) is 4.21. The molecule has 1 aromatic rings. The van der Waals surface area contributed by atoms with Crippen molar-refractivity contribution >= 4 is 15.9 Å². The van der Waals surface area contributed by atoms with E-state index in [0.29, 0.717) is 4.47 Å². The maximum atomic E-state index is 12.9. The van der Waals surface area contributed by atoms with E-state index in [0.717, 1.165) is 6.07 Å². The normalized spacial score (nSPS) is 14.3. The van der Waals surface area contributed by atoms with Crippen LogP contribution in [0.1, 0.15) is 18.1 Å². The van der Waals surface area contributed by atoms with Gasteiger partial charge in [-0.1, -0.05) is 15.9 Å². The lowest BCUT2D eigenvalue weighted by Crippen LogP contribution is -2.17. The number of hydrogen-bond acceptors (Lipinski definition) is 3. The molecule has 0 saturated carbocycles. The Balaban J connectivity index is 2.91. The molecule has 15 heavy (non-hydrogen) atoms. The highest BCUT2D eigenvalue weighted by atomic mass is 79.9. The molecule has 0 heterocycles. The Morgan fingerprint density at radius 3 is 2.60 bits per heavy atom. The minimum absolute atomic E-state index is 0.199. The molecule has 0 radical (unpaired) electrons. The van der Waals surface area contributed by atoms with Crippen LogP contribution in [0, 0.1) is 17.1 Å². The predicted octanol–water partition coefficient (Wildman–Crippen LogP) is 1.90. The first-order valence-electron chi connectivity index (χ1n) is 4.23. The zero-order chi connectivity index (χ0) is 11.4. The van der Waals surface area contributed by atoms with Crippen LogP contribution in [0.25, 0.3) is 0 Å². The van der Waals surface area contributed by atoms with E-state index in [1.807, 2.05) is 0 Å². The fourth-order valence-corrected chi connectivity index (χ4v) is 1.66. The highest BCUT2D eigenvalue weighted by molar-refractivity contribution is 9.10. The summed E-state index contributed by atoms with van der Waals surface area (Å²) in [5, 5.41) is 27.3. The van der Waals surface area contributed by atoms with Crippen molar-refractivity contribution in [2.75, 3.05) is 0 Å². The summed E-state index contributed by atoms with van der Waals surface area (Å²) in [6, 6.07) is 5.59. The molecule has 2 unspecified atom stereocenters. The Hall–Kier alpha value is -0.960. The Morgan fingerprint density at radius 1 is 1.40 bits per heavy atom. The molecule has 2 N–H and O–H groups in total. The summed E-state index contributed by atoms with van der Waals surface area (Å²) >= 11 is 3.07. The minimum Gasteiger partial charge on any atom is -0.389 e. The van der Waals surface area contributed by atoms with E-state index in [1.54, 1.807) is 6.07 Å². The fourth-order valence-electron chi connectivity index (χ4n) is 1.17. The monoisotopic (exact) mass is 273 g/mol. The third-order valence-corrected chi connectivity index (χ3v) is 2.35. The summed E-state index contributed by atoms with van der Waals surface area (Å²) in [4.78, 5) is 0. The second kappa shape index (κ2) is 5.21. The van der Waals surface area contributed by atoms with E-state index < -0.39 is 18.0 Å². The van der Waals surface area contributed by atoms with Gasteiger partial charge in [0.15, 0.2) is 0 Å². The molecular weight excluding hydrogens is 265 g/mol. The molecule has 80 valence electrons. The molecule has 0 aliphatic rings. The molecule has 0 aliphatic carbocycles. The predicted molar refractivity (Wildman–Crippen MR) is 55.3 cm³/mol. The Bertz CT molecular complexity index is 371. The largest absolute Gasteiger partial charge is 0.389 e. The number of halogens is 2. The van der Waals surface area contributed by atoms with E-state index in [2.05, 4.69) is 15.9 Å². The third-order valence-electron chi connectivity index (χ3n) is 1.89. The molecule has 0 fully saturated rings. The zero-order valence-corrected chi connectivity index (χ0v) is 9.28. The maximum absolute atomic E-state index is 12.9. The molecule has 3 nitrogen and oxygen atoms in total. The highest BCUT2D eigenvalue weighted by Gasteiger charge is 2.18. The van der Waals surface area contributed by atoms with Crippen molar-refractivity contribution in [3.05, 3.63) is 34.1 Å². The third kappa shape index (κ3) is 3.27. The van der Waals surface area contributed by atoms with E-state index in [-0.39, 0.29) is 12.0 Å². The number of aliphatic hydroxyl groups excluding tert-OH is 2. The van der Waals surface area contributed by atoms with Crippen LogP contribution in [0.5, 0.6) is 0 Å². The van der Waals surface area contributed by atoms with Gasteiger partial charge in [0.1, 0.15) is 11.9 Å². The van der Waals surface area contributed by atoms with Gasteiger partial charge in [0.05, 0.1) is 18.6 Å². The lowest BCUT2D eigenvalue weighted by molar-refractivity contribution is 0.0214. The van der Waals surface area contributed by atoms with Crippen LogP contribution in [0.2, 0.25) is 0 Å². The van der Waals surface area contributed by atoms with Crippen molar-refractivity contribution in [2.24, 2.45) is 0 Å². The van der Waals surface area contributed by atoms with E-state index in [4.69, 9.17) is 5.26 Å². The van der Waals surface area contributed by atoms with E-state index in [1.165, 1.54) is 12.1 Å². The number of hydrogen-bond donors (Lipinski definition) is 2. The Morgan fingerprint density at radius 2 is 2.07 bits per heavy atom.